The lowest BCUT2D eigenvalue weighted by atomic mass is 10.1. The largest absolute Gasteiger partial charge is 0.444 e. The van der Waals surface area contributed by atoms with Crippen LogP contribution in [0.5, 0.6) is 0 Å². The Bertz CT molecular complexity index is 1390. The molecule has 37 heavy (non-hydrogen) atoms. The van der Waals surface area contributed by atoms with Gasteiger partial charge in [0.15, 0.2) is 0 Å². The summed E-state index contributed by atoms with van der Waals surface area (Å²) < 4.78 is 5.41. The number of H-pyrrole nitrogens is 1. The molecule has 1 aliphatic rings. The molecule has 0 radical (unpaired) electrons. The number of anilines is 1. The van der Waals surface area contributed by atoms with Gasteiger partial charge in [-0.2, -0.15) is 0 Å². The highest BCUT2D eigenvalue weighted by molar-refractivity contribution is 6.09. The number of fused-ring (bicyclic) bond motifs is 1. The molecule has 2 aromatic carbocycles. The van der Waals surface area contributed by atoms with Crippen LogP contribution in [0.15, 0.2) is 65.6 Å². The average molecular weight is 502 g/mol. The van der Waals surface area contributed by atoms with Gasteiger partial charge in [-0.3, -0.25) is 9.59 Å². The Morgan fingerprint density at radius 3 is 2.30 bits per heavy atom. The first kappa shape index (κ1) is 25.7. The van der Waals surface area contributed by atoms with E-state index in [0.717, 1.165) is 17.1 Å². The third-order valence-corrected chi connectivity index (χ3v) is 5.96. The van der Waals surface area contributed by atoms with Gasteiger partial charge in [0.05, 0.1) is 5.56 Å². The summed E-state index contributed by atoms with van der Waals surface area (Å²) in [6.45, 7) is 7.20. The number of carbonyl (C=O) groups excluding carboxylic acids is 2. The molecular formula is C28H31N5O4. The van der Waals surface area contributed by atoms with Crippen LogP contribution in [0.3, 0.4) is 0 Å². The van der Waals surface area contributed by atoms with Crippen molar-refractivity contribution in [3.63, 3.8) is 0 Å². The van der Waals surface area contributed by atoms with Crippen molar-refractivity contribution < 1.29 is 14.3 Å². The minimum atomic E-state index is -0.556. The quantitative estimate of drug-likeness (QED) is 0.450. The number of rotatable bonds is 5. The van der Waals surface area contributed by atoms with Crippen molar-refractivity contribution in [2.45, 2.75) is 26.4 Å². The zero-order chi connectivity index (χ0) is 26.6. The number of nitrogens with zero attached hydrogens (tertiary/aromatic N) is 2. The third-order valence-electron chi connectivity index (χ3n) is 5.96. The summed E-state index contributed by atoms with van der Waals surface area (Å²) in [6.07, 6.45) is 2.36. The molecule has 1 saturated heterocycles. The highest BCUT2D eigenvalue weighted by Gasteiger charge is 2.28. The number of aromatic nitrogens is 1. The van der Waals surface area contributed by atoms with Crippen molar-refractivity contribution in [2.75, 3.05) is 31.5 Å². The molecule has 0 atom stereocenters. The van der Waals surface area contributed by atoms with Crippen molar-refractivity contribution in [3.8, 4) is 0 Å². The molecule has 2 amide bonds. The minimum Gasteiger partial charge on any atom is -0.444 e. The molecule has 0 bridgehead atoms. The molecule has 0 aliphatic carbocycles. The first-order chi connectivity index (χ1) is 17.6. The maximum atomic E-state index is 12.9. The lowest BCUT2D eigenvalue weighted by molar-refractivity contribution is 0.0141. The first-order valence-corrected chi connectivity index (χ1v) is 12.1. The van der Waals surface area contributed by atoms with Crippen LogP contribution in [0.25, 0.3) is 16.5 Å². The van der Waals surface area contributed by atoms with E-state index in [-0.39, 0.29) is 17.6 Å². The number of ether oxygens (including phenoxy) is 1. The maximum absolute atomic E-state index is 12.9. The van der Waals surface area contributed by atoms with Gasteiger partial charge in [0.25, 0.3) is 11.5 Å². The normalized spacial score (nSPS) is 14.4. The number of nitrogens with one attached hydrogen (secondary N) is 3. The molecule has 3 N–H and O–H groups in total. The summed E-state index contributed by atoms with van der Waals surface area (Å²) in [4.78, 5) is 43.9. The van der Waals surface area contributed by atoms with Gasteiger partial charge in [0.2, 0.25) is 0 Å². The maximum Gasteiger partial charge on any atom is 0.410 e. The van der Waals surface area contributed by atoms with Crippen LogP contribution >= 0.6 is 0 Å². The number of piperazine rings is 1. The van der Waals surface area contributed by atoms with Crippen molar-refractivity contribution in [1.29, 1.82) is 5.41 Å². The van der Waals surface area contributed by atoms with Crippen molar-refractivity contribution in [1.82, 2.24) is 14.8 Å². The van der Waals surface area contributed by atoms with E-state index >= 15 is 0 Å². The number of pyridine rings is 1. The number of para-hydroxylation sites is 1. The minimum absolute atomic E-state index is 0.103. The molecule has 0 spiro atoms. The predicted octanol–water partition coefficient (Wildman–Crippen LogP) is 4.32. The van der Waals surface area contributed by atoms with Crippen LogP contribution in [-0.2, 0) is 4.74 Å². The molecule has 3 aromatic rings. The van der Waals surface area contributed by atoms with Gasteiger partial charge in [-0.25, -0.2) is 4.79 Å². The number of allylic oxidation sites excluding steroid dienone is 1. The fraction of sp³-hybridized carbons (Fsp3) is 0.286. The predicted molar refractivity (Wildman–Crippen MR) is 145 cm³/mol. The summed E-state index contributed by atoms with van der Waals surface area (Å²) in [6, 6.07) is 16.2. The standard InChI is InChI=1S/C28H31N5O4/c1-28(2,3)37-27(36)33-14-12-32(13-15-33)26(35)19-8-10-22(11-9-19)30-18-21(17-29)23-16-20-6-4-5-7-24(20)31-25(23)34/h4-11,16-18,29-30H,12-15H2,1-3H3,(H,31,34)/b21-18+,29-17?. The van der Waals surface area contributed by atoms with Gasteiger partial charge < -0.3 is 30.2 Å². The van der Waals surface area contributed by atoms with E-state index in [2.05, 4.69) is 10.3 Å². The molecule has 1 aromatic heterocycles. The fourth-order valence-corrected chi connectivity index (χ4v) is 4.03. The van der Waals surface area contributed by atoms with E-state index in [1.807, 2.05) is 45.0 Å². The number of carbonyl (C=O) groups is 2. The molecule has 0 saturated carbocycles. The van der Waals surface area contributed by atoms with E-state index in [1.165, 1.54) is 0 Å². The molecule has 1 fully saturated rings. The van der Waals surface area contributed by atoms with Gasteiger partial charge in [-0.1, -0.05) is 18.2 Å². The lowest BCUT2D eigenvalue weighted by Crippen LogP contribution is -2.51. The number of aromatic amines is 1. The van der Waals surface area contributed by atoms with Crippen LogP contribution in [0, 0.1) is 5.41 Å². The van der Waals surface area contributed by atoms with Crippen molar-refractivity contribution in [2.24, 2.45) is 0 Å². The number of hydrogen-bond donors (Lipinski definition) is 3. The molecule has 0 unspecified atom stereocenters. The van der Waals surface area contributed by atoms with E-state index in [1.54, 1.807) is 46.3 Å². The Kier molecular flexibility index (Phi) is 7.42. The monoisotopic (exact) mass is 501 g/mol. The summed E-state index contributed by atoms with van der Waals surface area (Å²) >= 11 is 0. The lowest BCUT2D eigenvalue weighted by Gasteiger charge is -2.35. The zero-order valence-electron chi connectivity index (χ0n) is 21.2. The van der Waals surface area contributed by atoms with Gasteiger partial charge in [0.1, 0.15) is 5.60 Å². The van der Waals surface area contributed by atoms with Crippen LogP contribution in [-0.4, -0.2) is 64.8 Å². The summed E-state index contributed by atoms with van der Waals surface area (Å²) in [5.41, 5.74) is 1.97. The summed E-state index contributed by atoms with van der Waals surface area (Å²) in [5, 5.41) is 11.8. The van der Waals surface area contributed by atoms with Gasteiger partial charge in [-0.05, 0) is 62.6 Å². The second-order valence-corrected chi connectivity index (χ2v) is 9.82. The first-order valence-electron chi connectivity index (χ1n) is 12.1. The Hall–Kier alpha value is -4.40. The van der Waals surface area contributed by atoms with E-state index in [9.17, 15) is 14.4 Å². The topological polar surface area (TPSA) is 119 Å². The second kappa shape index (κ2) is 10.7. The van der Waals surface area contributed by atoms with E-state index in [4.69, 9.17) is 10.1 Å². The SMILES string of the molecule is CC(C)(C)OC(=O)N1CCN(C(=O)c2ccc(N/C=C(\C=N)c3cc4ccccc4[nH]c3=O)cc2)CC1. The van der Waals surface area contributed by atoms with Gasteiger partial charge in [-0.15, -0.1) is 0 Å². The Balaban J connectivity index is 1.39. The molecule has 9 nitrogen and oxygen atoms in total. The van der Waals surface area contributed by atoms with E-state index < -0.39 is 5.60 Å². The molecule has 9 heteroatoms. The molecule has 2 heterocycles. The van der Waals surface area contributed by atoms with Gasteiger partial charge in [0, 0.05) is 60.9 Å². The Morgan fingerprint density at radius 1 is 1.00 bits per heavy atom. The smallest absolute Gasteiger partial charge is 0.410 e. The van der Waals surface area contributed by atoms with Crippen LogP contribution in [0.1, 0.15) is 36.7 Å². The Labute approximate surface area is 215 Å². The zero-order valence-corrected chi connectivity index (χ0v) is 21.2. The number of benzene rings is 2. The molecule has 1 aliphatic heterocycles. The van der Waals surface area contributed by atoms with Crippen molar-refractivity contribution >= 4 is 40.4 Å². The van der Waals surface area contributed by atoms with Crippen LogP contribution in [0.4, 0.5) is 10.5 Å². The Morgan fingerprint density at radius 2 is 1.65 bits per heavy atom. The molecular weight excluding hydrogens is 470 g/mol. The molecule has 192 valence electrons. The number of hydrogen-bond acceptors (Lipinski definition) is 6. The number of amides is 2. The van der Waals surface area contributed by atoms with E-state index in [0.29, 0.717) is 48.6 Å². The highest BCUT2D eigenvalue weighted by Crippen LogP contribution is 2.18. The van der Waals surface area contributed by atoms with Gasteiger partial charge >= 0.3 is 6.09 Å². The highest BCUT2D eigenvalue weighted by atomic mass is 16.6. The summed E-state index contributed by atoms with van der Waals surface area (Å²) in [5.74, 6) is -0.103. The average Bonchev–Trinajstić information content (AvgIpc) is 2.88. The van der Waals surface area contributed by atoms with Crippen molar-refractivity contribution in [3.05, 3.63) is 82.3 Å². The fourth-order valence-electron chi connectivity index (χ4n) is 4.03. The third kappa shape index (κ3) is 6.24. The summed E-state index contributed by atoms with van der Waals surface area (Å²) in [7, 11) is 0. The van der Waals surface area contributed by atoms with Crippen LogP contribution < -0.4 is 10.9 Å². The second-order valence-electron chi connectivity index (χ2n) is 9.82. The molecule has 4 rings (SSSR count). The van der Waals surface area contributed by atoms with Crippen LogP contribution in [0.2, 0.25) is 0 Å².